The fourth-order valence-corrected chi connectivity index (χ4v) is 5.39. The third-order valence-corrected chi connectivity index (χ3v) is 7.50. The lowest BCUT2D eigenvalue weighted by Gasteiger charge is -2.26. The van der Waals surface area contributed by atoms with E-state index in [1.165, 1.54) is 15.6 Å². The number of morpholine rings is 1. The molecule has 1 aromatic heterocycles. The molecule has 2 heterocycles. The minimum atomic E-state index is -3.46. The van der Waals surface area contributed by atoms with Crippen molar-refractivity contribution in [3.05, 3.63) is 57.3 Å². The lowest BCUT2D eigenvalue weighted by molar-refractivity contribution is -0.120. The largest absolute Gasteiger partial charge is 0.379 e. The van der Waals surface area contributed by atoms with Crippen LogP contribution in [0.4, 0.5) is 0 Å². The van der Waals surface area contributed by atoms with E-state index in [1.807, 2.05) is 13.0 Å². The summed E-state index contributed by atoms with van der Waals surface area (Å²) in [6, 6.07) is 10.7. The van der Waals surface area contributed by atoms with E-state index >= 15 is 0 Å². The monoisotopic (exact) mass is 451 g/mol. The van der Waals surface area contributed by atoms with Gasteiger partial charge in [0.15, 0.2) is 0 Å². The third kappa shape index (κ3) is 6.11. The molecule has 1 aliphatic heterocycles. The molecule has 1 aliphatic rings. The van der Waals surface area contributed by atoms with Crippen LogP contribution in [0, 0.1) is 6.92 Å². The first-order valence-corrected chi connectivity index (χ1v) is 12.0. The summed E-state index contributed by atoms with van der Waals surface area (Å²) in [6.07, 6.45) is 0. The topological polar surface area (TPSA) is 105 Å². The first-order chi connectivity index (χ1) is 14.3. The summed E-state index contributed by atoms with van der Waals surface area (Å²) in [6.45, 7) is 3.44. The Kier molecular flexibility index (Phi) is 7.59. The Morgan fingerprint density at radius 2 is 1.77 bits per heavy atom. The van der Waals surface area contributed by atoms with Gasteiger partial charge in [-0.25, -0.2) is 8.42 Å². The standard InChI is InChI=1S/C20H25N3O5S2/c1-15-6-7-18(29-15)20(25)22-13-19(24)21-12-16-4-2-3-5-17(16)14-30(26,27)23-8-10-28-11-9-23/h2-7H,8-14H2,1H3,(H,21,24)(H,22,25). The van der Waals surface area contributed by atoms with E-state index in [9.17, 15) is 18.0 Å². The highest BCUT2D eigenvalue weighted by Gasteiger charge is 2.25. The number of benzene rings is 1. The van der Waals surface area contributed by atoms with E-state index in [2.05, 4.69) is 10.6 Å². The number of sulfonamides is 1. The number of amides is 2. The maximum Gasteiger partial charge on any atom is 0.261 e. The first-order valence-electron chi connectivity index (χ1n) is 9.59. The lowest BCUT2D eigenvalue weighted by atomic mass is 10.1. The van der Waals surface area contributed by atoms with Crippen LogP contribution < -0.4 is 10.6 Å². The van der Waals surface area contributed by atoms with Crippen molar-refractivity contribution in [3.8, 4) is 0 Å². The highest BCUT2D eigenvalue weighted by atomic mass is 32.2. The molecule has 0 aliphatic carbocycles. The maximum absolute atomic E-state index is 12.7. The molecular weight excluding hydrogens is 426 g/mol. The summed E-state index contributed by atoms with van der Waals surface area (Å²) in [4.78, 5) is 25.8. The van der Waals surface area contributed by atoms with Crippen molar-refractivity contribution in [1.29, 1.82) is 0 Å². The predicted octanol–water partition coefficient (Wildman–Crippen LogP) is 1.26. The van der Waals surface area contributed by atoms with Crippen LogP contribution in [0.1, 0.15) is 25.7 Å². The molecule has 162 valence electrons. The van der Waals surface area contributed by atoms with Crippen molar-refractivity contribution in [1.82, 2.24) is 14.9 Å². The van der Waals surface area contributed by atoms with Crippen LogP contribution in [-0.4, -0.2) is 57.4 Å². The van der Waals surface area contributed by atoms with Gasteiger partial charge in [-0.15, -0.1) is 11.3 Å². The van der Waals surface area contributed by atoms with Crippen molar-refractivity contribution in [3.63, 3.8) is 0 Å². The Balaban J connectivity index is 1.54. The van der Waals surface area contributed by atoms with Crippen LogP contribution in [0.3, 0.4) is 0 Å². The van der Waals surface area contributed by atoms with Crippen molar-refractivity contribution in [2.24, 2.45) is 0 Å². The van der Waals surface area contributed by atoms with Crippen LogP contribution in [0.15, 0.2) is 36.4 Å². The van der Waals surface area contributed by atoms with Crippen LogP contribution >= 0.6 is 11.3 Å². The number of rotatable bonds is 8. The van der Waals surface area contributed by atoms with Crippen molar-refractivity contribution < 1.29 is 22.7 Å². The van der Waals surface area contributed by atoms with Crippen molar-refractivity contribution in [2.45, 2.75) is 19.2 Å². The summed E-state index contributed by atoms with van der Waals surface area (Å²) in [5.74, 6) is -0.768. The number of carbonyl (C=O) groups excluding carboxylic acids is 2. The number of thiophene rings is 1. The SMILES string of the molecule is Cc1ccc(C(=O)NCC(=O)NCc2ccccc2CS(=O)(=O)N2CCOCC2)s1. The van der Waals surface area contributed by atoms with Crippen molar-refractivity contribution >= 4 is 33.2 Å². The average molecular weight is 452 g/mol. The molecule has 0 atom stereocenters. The molecule has 0 bridgehead atoms. The van der Waals surface area contributed by atoms with Crippen LogP contribution in [-0.2, 0) is 31.9 Å². The molecule has 10 heteroatoms. The molecule has 1 aromatic carbocycles. The highest BCUT2D eigenvalue weighted by Crippen LogP contribution is 2.17. The molecule has 1 saturated heterocycles. The zero-order chi connectivity index (χ0) is 21.6. The molecule has 8 nitrogen and oxygen atoms in total. The minimum Gasteiger partial charge on any atom is -0.379 e. The number of nitrogens with zero attached hydrogens (tertiary/aromatic N) is 1. The number of hydrogen-bond donors (Lipinski definition) is 2. The van der Waals surface area contributed by atoms with Gasteiger partial charge in [-0.2, -0.15) is 4.31 Å². The fourth-order valence-electron chi connectivity index (χ4n) is 3.04. The van der Waals surface area contributed by atoms with Crippen molar-refractivity contribution in [2.75, 3.05) is 32.8 Å². The maximum atomic E-state index is 12.7. The smallest absolute Gasteiger partial charge is 0.261 e. The summed E-state index contributed by atoms with van der Waals surface area (Å²) < 4.78 is 32.0. The molecule has 1 fully saturated rings. The second-order valence-corrected chi connectivity index (χ2v) is 10.2. The minimum absolute atomic E-state index is 0.131. The van der Waals surface area contributed by atoms with E-state index in [1.54, 1.807) is 30.3 Å². The van der Waals surface area contributed by atoms with E-state index in [4.69, 9.17) is 4.74 Å². The normalized spacial score (nSPS) is 15.0. The number of carbonyl (C=O) groups is 2. The van der Waals surface area contributed by atoms with Gasteiger partial charge in [0.2, 0.25) is 15.9 Å². The summed E-state index contributed by atoms with van der Waals surface area (Å²) >= 11 is 1.36. The summed E-state index contributed by atoms with van der Waals surface area (Å²) in [5, 5.41) is 5.33. The average Bonchev–Trinajstić information content (AvgIpc) is 3.18. The number of ether oxygens (including phenoxy) is 1. The molecule has 2 N–H and O–H groups in total. The quantitative estimate of drug-likeness (QED) is 0.629. The van der Waals surface area contributed by atoms with Crippen LogP contribution in [0.5, 0.6) is 0 Å². The first kappa shape index (κ1) is 22.4. The lowest BCUT2D eigenvalue weighted by Crippen LogP contribution is -2.41. The molecular formula is C20H25N3O5S2. The molecule has 2 amide bonds. The van der Waals surface area contributed by atoms with E-state index in [-0.39, 0.29) is 30.7 Å². The highest BCUT2D eigenvalue weighted by molar-refractivity contribution is 7.88. The molecule has 2 aromatic rings. The zero-order valence-electron chi connectivity index (χ0n) is 16.7. The van der Waals surface area contributed by atoms with Gasteiger partial charge in [0.25, 0.3) is 5.91 Å². The summed E-state index contributed by atoms with van der Waals surface area (Å²) in [7, 11) is -3.46. The molecule has 0 spiro atoms. The Hall–Kier alpha value is -2.27. The van der Waals surface area contributed by atoms with E-state index < -0.39 is 10.0 Å². The molecule has 0 unspecified atom stereocenters. The predicted molar refractivity (Wildman–Crippen MR) is 115 cm³/mol. The van der Waals surface area contributed by atoms with Gasteiger partial charge in [-0.05, 0) is 30.2 Å². The second-order valence-electron chi connectivity index (χ2n) is 6.91. The van der Waals surface area contributed by atoms with Gasteiger partial charge in [0, 0.05) is 24.5 Å². The third-order valence-electron chi connectivity index (χ3n) is 4.67. The Morgan fingerprint density at radius 3 is 2.43 bits per heavy atom. The molecule has 0 saturated carbocycles. The molecule has 3 rings (SSSR count). The Bertz CT molecular complexity index is 997. The number of nitrogens with one attached hydrogen (secondary N) is 2. The fraction of sp³-hybridized carbons (Fsp3) is 0.400. The Morgan fingerprint density at radius 1 is 1.07 bits per heavy atom. The van der Waals surface area contributed by atoms with Gasteiger partial charge in [0.1, 0.15) is 0 Å². The Labute approximate surface area is 180 Å². The molecule has 30 heavy (non-hydrogen) atoms. The van der Waals surface area contributed by atoms with E-state index in [0.29, 0.717) is 36.7 Å². The van der Waals surface area contributed by atoms with Gasteiger partial charge in [0.05, 0.1) is 30.4 Å². The second kappa shape index (κ2) is 10.2. The van der Waals surface area contributed by atoms with Gasteiger partial charge < -0.3 is 15.4 Å². The van der Waals surface area contributed by atoms with Gasteiger partial charge in [-0.1, -0.05) is 24.3 Å². The van der Waals surface area contributed by atoms with Crippen LogP contribution in [0.2, 0.25) is 0 Å². The zero-order valence-corrected chi connectivity index (χ0v) is 18.4. The molecule has 0 radical (unpaired) electrons. The van der Waals surface area contributed by atoms with Gasteiger partial charge >= 0.3 is 0 Å². The van der Waals surface area contributed by atoms with Crippen LogP contribution in [0.25, 0.3) is 0 Å². The number of aryl methyl sites for hydroxylation is 1. The van der Waals surface area contributed by atoms with Gasteiger partial charge in [-0.3, -0.25) is 9.59 Å². The number of hydrogen-bond acceptors (Lipinski definition) is 6. The van der Waals surface area contributed by atoms with E-state index in [0.717, 1.165) is 10.4 Å². The summed E-state index contributed by atoms with van der Waals surface area (Å²) in [5.41, 5.74) is 1.37.